The fourth-order valence-corrected chi connectivity index (χ4v) is 1.42. The van der Waals surface area contributed by atoms with E-state index in [1.165, 1.54) is 0 Å². The third-order valence-electron chi connectivity index (χ3n) is 2.10. The summed E-state index contributed by atoms with van der Waals surface area (Å²) >= 11 is 3.31. The highest BCUT2D eigenvalue weighted by Gasteiger charge is 2.30. The van der Waals surface area contributed by atoms with E-state index in [2.05, 4.69) is 15.9 Å². The Bertz CT molecular complexity index is 303. The molecule has 0 N–H and O–H groups in total. The number of halogens is 1. The highest BCUT2D eigenvalue weighted by Crippen LogP contribution is 2.29. The van der Waals surface area contributed by atoms with Gasteiger partial charge in [0, 0.05) is 24.5 Å². The molecule has 1 aliphatic rings. The molecule has 15 heavy (non-hydrogen) atoms. The minimum atomic E-state index is 0.296. The molecular formula is C12H16BrNO. The molecule has 82 valence electrons. The summed E-state index contributed by atoms with van der Waals surface area (Å²) in [6.07, 6.45) is 2.22. The van der Waals surface area contributed by atoms with Crippen molar-refractivity contribution in [3.05, 3.63) is 34.8 Å². The van der Waals surface area contributed by atoms with E-state index in [4.69, 9.17) is 0 Å². The van der Waals surface area contributed by atoms with Crippen molar-refractivity contribution >= 4 is 21.8 Å². The normalized spacial score (nSPS) is 13.8. The maximum absolute atomic E-state index is 10.8. The number of carbonyl (C=O) groups is 1. The van der Waals surface area contributed by atoms with Gasteiger partial charge in [-0.1, -0.05) is 34.1 Å². The van der Waals surface area contributed by atoms with Crippen molar-refractivity contribution < 1.29 is 4.79 Å². The molecule has 0 aromatic heterocycles. The lowest BCUT2D eigenvalue weighted by Gasteiger charge is -2.07. The predicted molar refractivity (Wildman–Crippen MR) is 65.6 cm³/mol. The van der Waals surface area contributed by atoms with Gasteiger partial charge in [-0.15, -0.1) is 0 Å². The second kappa shape index (κ2) is 5.91. The van der Waals surface area contributed by atoms with Crippen LogP contribution in [0.1, 0.15) is 12.8 Å². The van der Waals surface area contributed by atoms with E-state index >= 15 is 0 Å². The molecule has 0 radical (unpaired) electrons. The molecule has 0 spiro atoms. The van der Waals surface area contributed by atoms with Gasteiger partial charge in [0.25, 0.3) is 0 Å². The Labute approximate surface area is 99.4 Å². The zero-order valence-corrected chi connectivity index (χ0v) is 10.7. The molecule has 0 unspecified atom stereocenters. The number of rotatable bonds is 1. The third kappa shape index (κ3) is 4.98. The Morgan fingerprint density at radius 3 is 2.00 bits per heavy atom. The summed E-state index contributed by atoms with van der Waals surface area (Å²) in [7, 11) is 3.61. The monoisotopic (exact) mass is 269 g/mol. The predicted octanol–water partition coefficient (Wildman–Crippen LogP) is 2.93. The van der Waals surface area contributed by atoms with Crippen LogP contribution in [0.5, 0.6) is 0 Å². The molecule has 2 rings (SSSR count). The number of nitrogens with zero attached hydrogens (tertiary/aromatic N) is 1. The fourth-order valence-electron chi connectivity index (χ4n) is 1.11. The van der Waals surface area contributed by atoms with Crippen molar-refractivity contribution in [2.75, 3.05) is 14.1 Å². The van der Waals surface area contributed by atoms with E-state index in [9.17, 15) is 4.79 Å². The second-order valence-electron chi connectivity index (χ2n) is 3.80. The van der Waals surface area contributed by atoms with E-state index in [1.54, 1.807) is 19.0 Å². The highest BCUT2D eigenvalue weighted by atomic mass is 79.9. The Kier molecular flexibility index (Phi) is 4.82. The largest absolute Gasteiger partial charge is 0.349 e. The molecule has 1 aromatic carbocycles. The van der Waals surface area contributed by atoms with Crippen molar-refractivity contribution in [2.24, 2.45) is 5.92 Å². The summed E-state index contributed by atoms with van der Waals surface area (Å²) < 4.78 is 1.13. The fraction of sp³-hybridized carbons (Fsp3) is 0.417. The van der Waals surface area contributed by atoms with Gasteiger partial charge in [0.2, 0.25) is 5.91 Å². The standard InChI is InChI=1S/C6H5Br.C6H11NO/c7-6-4-2-1-3-5-6;1-7(2)6(8)5-3-4-5/h1-5H;5H,3-4H2,1-2H3. The van der Waals surface area contributed by atoms with Crippen LogP contribution < -0.4 is 0 Å². The average Bonchev–Trinajstić information content (AvgIpc) is 3.02. The smallest absolute Gasteiger partial charge is 0.225 e. The van der Waals surface area contributed by atoms with Crippen LogP contribution in [0.2, 0.25) is 0 Å². The molecule has 0 bridgehead atoms. The summed E-state index contributed by atoms with van der Waals surface area (Å²) in [5.41, 5.74) is 0. The van der Waals surface area contributed by atoms with Gasteiger partial charge in [-0.05, 0) is 25.0 Å². The van der Waals surface area contributed by atoms with E-state index < -0.39 is 0 Å². The molecule has 1 fully saturated rings. The maximum Gasteiger partial charge on any atom is 0.225 e. The van der Waals surface area contributed by atoms with Gasteiger partial charge >= 0.3 is 0 Å². The van der Waals surface area contributed by atoms with Gasteiger partial charge in [-0.3, -0.25) is 4.79 Å². The molecule has 0 saturated heterocycles. The number of hydrogen-bond donors (Lipinski definition) is 0. The minimum absolute atomic E-state index is 0.296. The van der Waals surface area contributed by atoms with E-state index in [0.29, 0.717) is 11.8 Å². The van der Waals surface area contributed by atoms with Crippen LogP contribution in [0.25, 0.3) is 0 Å². The Hall–Kier alpha value is -0.830. The van der Waals surface area contributed by atoms with Gasteiger partial charge in [0.05, 0.1) is 0 Å². The van der Waals surface area contributed by atoms with Crippen molar-refractivity contribution in [1.82, 2.24) is 4.90 Å². The van der Waals surface area contributed by atoms with Gasteiger partial charge in [-0.2, -0.15) is 0 Å². The van der Waals surface area contributed by atoms with Crippen LogP contribution in [0.15, 0.2) is 34.8 Å². The highest BCUT2D eigenvalue weighted by molar-refractivity contribution is 9.10. The number of carbonyl (C=O) groups excluding carboxylic acids is 1. The first kappa shape index (κ1) is 12.2. The van der Waals surface area contributed by atoms with E-state index in [1.807, 2.05) is 30.3 Å². The Morgan fingerprint density at radius 1 is 1.27 bits per heavy atom. The molecule has 0 heterocycles. The van der Waals surface area contributed by atoms with Crippen molar-refractivity contribution in [3.63, 3.8) is 0 Å². The van der Waals surface area contributed by atoms with Gasteiger partial charge in [0.1, 0.15) is 0 Å². The second-order valence-corrected chi connectivity index (χ2v) is 4.72. The Balaban J connectivity index is 0.000000151. The summed E-state index contributed by atoms with van der Waals surface area (Å²) in [6.45, 7) is 0. The molecule has 1 amide bonds. The van der Waals surface area contributed by atoms with Gasteiger partial charge in [-0.25, -0.2) is 0 Å². The summed E-state index contributed by atoms with van der Waals surface area (Å²) in [6, 6.07) is 9.97. The molecule has 1 aromatic rings. The van der Waals surface area contributed by atoms with Crippen LogP contribution in [0.4, 0.5) is 0 Å². The molecule has 1 aliphatic carbocycles. The topological polar surface area (TPSA) is 20.3 Å². The van der Waals surface area contributed by atoms with Crippen LogP contribution >= 0.6 is 15.9 Å². The van der Waals surface area contributed by atoms with Crippen molar-refractivity contribution in [3.8, 4) is 0 Å². The quantitative estimate of drug-likeness (QED) is 0.768. The first-order chi connectivity index (χ1) is 7.11. The lowest BCUT2D eigenvalue weighted by atomic mass is 10.4. The first-order valence-corrected chi connectivity index (χ1v) is 5.82. The van der Waals surface area contributed by atoms with Crippen LogP contribution in [-0.2, 0) is 4.79 Å². The van der Waals surface area contributed by atoms with Crippen LogP contribution in [0.3, 0.4) is 0 Å². The maximum atomic E-state index is 10.8. The number of hydrogen-bond acceptors (Lipinski definition) is 1. The number of amides is 1. The number of benzene rings is 1. The molecule has 3 heteroatoms. The molecule has 0 atom stereocenters. The average molecular weight is 270 g/mol. The Morgan fingerprint density at radius 2 is 1.80 bits per heavy atom. The zero-order chi connectivity index (χ0) is 11.3. The lowest BCUT2D eigenvalue weighted by Crippen LogP contribution is -2.22. The SMILES string of the molecule is Brc1ccccc1.CN(C)C(=O)C1CC1. The third-order valence-corrected chi connectivity index (χ3v) is 2.63. The minimum Gasteiger partial charge on any atom is -0.349 e. The summed E-state index contributed by atoms with van der Waals surface area (Å²) in [4.78, 5) is 12.5. The molecule has 1 saturated carbocycles. The molecular weight excluding hydrogens is 254 g/mol. The van der Waals surface area contributed by atoms with Gasteiger partial charge < -0.3 is 4.90 Å². The first-order valence-electron chi connectivity index (χ1n) is 5.03. The zero-order valence-electron chi connectivity index (χ0n) is 9.11. The summed E-state index contributed by atoms with van der Waals surface area (Å²) in [5.74, 6) is 0.676. The summed E-state index contributed by atoms with van der Waals surface area (Å²) in [5, 5.41) is 0. The van der Waals surface area contributed by atoms with Crippen molar-refractivity contribution in [1.29, 1.82) is 0 Å². The van der Waals surface area contributed by atoms with E-state index in [0.717, 1.165) is 17.3 Å². The lowest BCUT2D eigenvalue weighted by molar-refractivity contribution is -0.129. The molecule has 0 aliphatic heterocycles. The van der Waals surface area contributed by atoms with Crippen LogP contribution in [-0.4, -0.2) is 24.9 Å². The van der Waals surface area contributed by atoms with Gasteiger partial charge in [0.15, 0.2) is 0 Å². The van der Waals surface area contributed by atoms with Crippen LogP contribution in [0, 0.1) is 5.92 Å². The van der Waals surface area contributed by atoms with Crippen molar-refractivity contribution in [2.45, 2.75) is 12.8 Å². The van der Waals surface area contributed by atoms with E-state index in [-0.39, 0.29) is 0 Å². The molecule has 2 nitrogen and oxygen atoms in total.